The fourth-order valence-corrected chi connectivity index (χ4v) is 3.74. The third-order valence-electron chi connectivity index (χ3n) is 5.18. The summed E-state index contributed by atoms with van der Waals surface area (Å²) in [5.74, 6) is 0.368. The van der Waals surface area contributed by atoms with Gasteiger partial charge in [-0.05, 0) is 44.4 Å². The molecule has 0 spiro atoms. The largest absolute Gasteiger partial charge is 0.329 e. The molecule has 1 atom stereocenters. The van der Waals surface area contributed by atoms with Crippen molar-refractivity contribution in [3.8, 4) is 0 Å². The van der Waals surface area contributed by atoms with E-state index in [9.17, 15) is 9.59 Å². The monoisotopic (exact) mass is 356 g/mol. The zero-order valence-electron chi connectivity index (χ0n) is 16.2. The van der Waals surface area contributed by atoms with Gasteiger partial charge < -0.3 is 10.2 Å². The van der Waals surface area contributed by atoms with Gasteiger partial charge in [0.15, 0.2) is 0 Å². The van der Waals surface area contributed by atoms with Crippen molar-refractivity contribution >= 4 is 22.8 Å². The lowest BCUT2D eigenvalue weighted by atomic mass is 10.1. The zero-order valence-corrected chi connectivity index (χ0v) is 16.2. The highest BCUT2D eigenvalue weighted by Gasteiger charge is 2.27. The van der Waals surface area contributed by atoms with Gasteiger partial charge in [0.25, 0.3) is 0 Å². The van der Waals surface area contributed by atoms with Crippen LogP contribution in [0.1, 0.15) is 33.3 Å². The number of nitrogens with one attached hydrogen (secondary N) is 1. The van der Waals surface area contributed by atoms with Crippen LogP contribution >= 0.6 is 0 Å². The number of carbonyl (C=O) groups is 1. The number of aryl methyl sites for hydroxylation is 3. The van der Waals surface area contributed by atoms with Crippen LogP contribution < -0.4 is 11.0 Å². The predicted octanol–water partition coefficient (Wildman–Crippen LogP) is 3.58. The van der Waals surface area contributed by atoms with Crippen molar-refractivity contribution < 1.29 is 4.79 Å². The number of nitrogens with zero attached hydrogens (tertiary/aromatic N) is 3. The van der Waals surface area contributed by atoms with Crippen LogP contribution in [-0.4, -0.2) is 32.7 Å². The quantitative estimate of drug-likeness (QED) is 0.851. The predicted molar refractivity (Wildman–Crippen MR) is 106 cm³/mol. The van der Waals surface area contributed by atoms with Crippen LogP contribution in [0.15, 0.2) is 29.1 Å². The molecular formula is C20H28N4O2. The van der Waals surface area contributed by atoms with Gasteiger partial charge in [-0.1, -0.05) is 26.0 Å². The Labute approximate surface area is 154 Å². The number of fused-ring (bicyclic) bond motifs is 1. The Balaban J connectivity index is 1.97. The third-order valence-corrected chi connectivity index (χ3v) is 5.18. The van der Waals surface area contributed by atoms with E-state index in [0.29, 0.717) is 25.6 Å². The summed E-state index contributed by atoms with van der Waals surface area (Å²) in [6.45, 7) is 12.0. The van der Waals surface area contributed by atoms with Gasteiger partial charge in [-0.25, -0.2) is 9.59 Å². The molecule has 0 radical (unpaired) electrons. The first-order valence-corrected chi connectivity index (χ1v) is 9.37. The first-order valence-electron chi connectivity index (χ1n) is 9.37. The van der Waals surface area contributed by atoms with E-state index < -0.39 is 0 Å². The highest BCUT2D eigenvalue weighted by atomic mass is 16.2. The highest BCUT2D eigenvalue weighted by Crippen LogP contribution is 2.25. The smallest absolute Gasteiger partial charge is 0.314 e. The van der Waals surface area contributed by atoms with E-state index >= 15 is 0 Å². The molecule has 6 nitrogen and oxygen atoms in total. The molecule has 0 fully saturated rings. The average molecular weight is 356 g/mol. The molecule has 0 bridgehead atoms. The molecule has 26 heavy (non-hydrogen) atoms. The number of rotatable bonds is 4. The minimum absolute atomic E-state index is 0.00325. The Bertz CT molecular complexity index is 920. The maximum atomic E-state index is 12.8. The van der Waals surface area contributed by atoms with E-state index in [-0.39, 0.29) is 17.8 Å². The second kappa shape index (κ2) is 7.02. The molecule has 1 aliphatic heterocycles. The minimum atomic E-state index is -0.100. The minimum Gasteiger partial charge on any atom is -0.314 e. The number of anilines is 1. The number of amides is 2. The molecule has 0 aliphatic carbocycles. The number of imidazole rings is 1. The molecule has 1 aromatic carbocycles. The molecule has 0 saturated carbocycles. The van der Waals surface area contributed by atoms with E-state index in [1.165, 1.54) is 0 Å². The molecule has 3 rings (SSSR count). The molecule has 0 unspecified atom stereocenters. The normalized spacial score (nSPS) is 16.8. The molecular weight excluding hydrogens is 328 g/mol. The van der Waals surface area contributed by atoms with E-state index in [4.69, 9.17) is 0 Å². The fourth-order valence-electron chi connectivity index (χ4n) is 3.74. The number of hydrogen-bond acceptors (Lipinski definition) is 2. The van der Waals surface area contributed by atoms with Crippen LogP contribution in [0.2, 0.25) is 0 Å². The Morgan fingerprint density at radius 3 is 2.38 bits per heavy atom. The van der Waals surface area contributed by atoms with Crippen LogP contribution in [-0.2, 0) is 13.1 Å². The first-order chi connectivity index (χ1) is 12.4. The molecule has 6 heteroatoms. The SMILES string of the molecule is CCn1c(=O)n(CC)c2cc(NC(=O)N3CC=C[C@@H]3C(C)C)c(C)cc21. The zero-order chi connectivity index (χ0) is 19.0. The first kappa shape index (κ1) is 18.3. The summed E-state index contributed by atoms with van der Waals surface area (Å²) in [5, 5.41) is 3.05. The Morgan fingerprint density at radius 1 is 1.19 bits per heavy atom. The van der Waals surface area contributed by atoms with Gasteiger partial charge in [-0.15, -0.1) is 0 Å². The van der Waals surface area contributed by atoms with Crippen LogP contribution in [0.5, 0.6) is 0 Å². The lowest BCUT2D eigenvalue weighted by molar-refractivity contribution is 0.199. The van der Waals surface area contributed by atoms with Crippen LogP contribution in [0.4, 0.5) is 10.5 Å². The van der Waals surface area contributed by atoms with Crippen molar-refractivity contribution in [1.29, 1.82) is 0 Å². The summed E-state index contributed by atoms with van der Waals surface area (Å²) >= 11 is 0. The molecule has 2 heterocycles. The number of hydrogen-bond donors (Lipinski definition) is 1. The van der Waals surface area contributed by atoms with E-state index in [1.807, 2.05) is 43.9 Å². The summed E-state index contributed by atoms with van der Waals surface area (Å²) in [6.07, 6.45) is 4.13. The molecule has 1 aliphatic rings. The van der Waals surface area contributed by atoms with Crippen molar-refractivity contribution in [1.82, 2.24) is 14.0 Å². The van der Waals surface area contributed by atoms with E-state index in [1.54, 1.807) is 9.13 Å². The van der Waals surface area contributed by atoms with E-state index in [2.05, 4.69) is 25.2 Å². The average Bonchev–Trinajstić information content (AvgIpc) is 3.17. The summed E-state index contributed by atoms with van der Waals surface area (Å²) in [6, 6.07) is 3.93. The number of urea groups is 1. The van der Waals surface area contributed by atoms with Gasteiger partial charge in [-0.2, -0.15) is 0 Å². The number of carbonyl (C=O) groups excluding carboxylic acids is 1. The summed E-state index contributed by atoms with van der Waals surface area (Å²) in [7, 11) is 0. The van der Waals surface area contributed by atoms with Crippen molar-refractivity contribution in [2.45, 2.75) is 53.8 Å². The highest BCUT2D eigenvalue weighted by molar-refractivity contribution is 5.94. The lowest BCUT2D eigenvalue weighted by Gasteiger charge is -2.28. The molecule has 2 aromatic rings. The Morgan fingerprint density at radius 2 is 1.81 bits per heavy atom. The second-order valence-electron chi connectivity index (χ2n) is 7.17. The lowest BCUT2D eigenvalue weighted by Crippen LogP contribution is -2.41. The summed E-state index contributed by atoms with van der Waals surface area (Å²) in [5.41, 5.74) is 3.48. The molecule has 0 saturated heterocycles. The van der Waals surface area contributed by atoms with Crippen LogP contribution in [0.3, 0.4) is 0 Å². The van der Waals surface area contributed by atoms with Gasteiger partial charge in [-0.3, -0.25) is 9.13 Å². The Kier molecular flexibility index (Phi) is 4.94. The fraction of sp³-hybridized carbons (Fsp3) is 0.500. The maximum Gasteiger partial charge on any atom is 0.329 e. The molecule has 2 amide bonds. The van der Waals surface area contributed by atoms with Gasteiger partial charge in [0.1, 0.15) is 0 Å². The van der Waals surface area contributed by atoms with Crippen molar-refractivity contribution in [3.05, 3.63) is 40.3 Å². The summed E-state index contributed by atoms with van der Waals surface area (Å²) < 4.78 is 3.53. The van der Waals surface area contributed by atoms with Gasteiger partial charge in [0, 0.05) is 25.3 Å². The maximum absolute atomic E-state index is 12.8. The molecule has 140 valence electrons. The van der Waals surface area contributed by atoms with Crippen LogP contribution in [0, 0.1) is 12.8 Å². The van der Waals surface area contributed by atoms with Gasteiger partial charge in [0.05, 0.1) is 17.1 Å². The second-order valence-corrected chi connectivity index (χ2v) is 7.17. The summed E-state index contributed by atoms with van der Waals surface area (Å²) in [4.78, 5) is 27.2. The number of benzene rings is 1. The molecule has 1 aromatic heterocycles. The Hall–Kier alpha value is -2.50. The van der Waals surface area contributed by atoms with Gasteiger partial charge in [0.2, 0.25) is 0 Å². The standard InChI is InChI=1S/C20H28N4O2/c1-6-22-17-11-14(5)15(12-18(17)23(7-2)20(22)26)21-19(25)24-10-8-9-16(24)13(3)4/h8-9,11-13,16H,6-7,10H2,1-5H3,(H,21,25)/t16-/m1/s1. The van der Waals surface area contributed by atoms with E-state index in [0.717, 1.165) is 22.3 Å². The molecule has 1 N–H and O–H groups in total. The van der Waals surface area contributed by atoms with Gasteiger partial charge >= 0.3 is 11.7 Å². The van der Waals surface area contributed by atoms with Crippen molar-refractivity contribution in [3.63, 3.8) is 0 Å². The third kappa shape index (κ3) is 2.93. The van der Waals surface area contributed by atoms with Crippen molar-refractivity contribution in [2.24, 2.45) is 5.92 Å². The topological polar surface area (TPSA) is 59.3 Å². The number of aromatic nitrogens is 2. The van der Waals surface area contributed by atoms with Crippen molar-refractivity contribution in [2.75, 3.05) is 11.9 Å². The van der Waals surface area contributed by atoms with Crippen LogP contribution in [0.25, 0.3) is 11.0 Å².